The number of alkyl halides is 2. The zero-order chi connectivity index (χ0) is 22.4. The second kappa shape index (κ2) is 7.68. The zero-order valence-electron chi connectivity index (χ0n) is 17.2. The third kappa shape index (κ3) is 3.31. The molecule has 1 aromatic heterocycles. The molecule has 0 amide bonds. The minimum absolute atomic E-state index is 0.0462. The van der Waals surface area contributed by atoms with E-state index in [1.165, 1.54) is 36.9 Å². The van der Waals surface area contributed by atoms with Crippen LogP contribution in [0.25, 0.3) is 0 Å². The fourth-order valence-electron chi connectivity index (χ4n) is 4.29. The summed E-state index contributed by atoms with van der Waals surface area (Å²) >= 11 is 0. The maximum atomic E-state index is 13.1. The van der Waals surface area contributed by atoms with Gasteiger partial charge in [0.2, 0.25) is 0 Å². The number of benzene rings is 1. The van der Waals surface area contributed by atoms with Crippen LogP contribution in [0.5, 0.6) is 11.5 Å². The average Bonchev–Trinajstić information content (AvgIpc) is 2.75. The number of hydrogen-bond acceptors (Lipinski definition) is 6. The predicted octanol–water partition coefficient (Wildman–Crippen LogP) is 2.26. The SMILES string of the molecule is COc1cc([C@H]2C3=C(CCCC3=O)Nc3c2c(=O)n(C)c(=O)n3C)ccc1OC(F)F. The number of aromatic nitrogens is 2. The summed E-state index contributed by atoms with van der Waals surface area (Å²) in [6, 6.07) is 4.33. The van der Waals surface area contributed by atoms with Crippen LogP contribution < -0.4 is 26.0 Å². The number of nitrogens with zero attached hydrogens (tertiary/aromatic N) is 2. The Morgan fingerprint density at radius 1 is 1.10 bits per heavy atom. The van der Waals surface area contributed by atoms with E-state index in [0.717, 1.165) is 4.57 Å². The highest BCUT2D eigenvalue weighted by atomic mass is 19.3. The molecule has 0 saturated heterocycles. The predicted molar refractivity (Wildman–Crippen MR) is 108 cm³/mol. The summed E-state index contributed by atoms with van der Waals surface area (Å²) in [5.74, 6) is -0.678. The third-order valence-corrected chi connectivity index (χ3v) is 5.74. The van der Waals surface area contributed by atoms with Gasteiger partial charge >= 0.3 is 12.3 Å². The number of carbonyl (C=O) groups excluding carboxylic acids is 1. The van der Waals surface area contributed by atoms with Gasteiger partial charge in [0.1, 0.15) is 5.82 Å². The van der Waals surface area contributed by atoms with Crippen LogP contribution in [0.4, 0.5) is 14.6 Å². The Balaban J connectivity index is 2.00. The van der Waals surface area contributed by atoms with Gasteiger partial charge < -0.3 is 14.8 Å². The molecule has 8 nitrogen and oxygen atoms in total. The van der Waals surface area contributed by atoms with Crippen molar-refractivity contribution in [2.45, 2.75) is 31.8 Å². The maximum Gasteiger partial charge on any atom is 0.387 e. The fourth-order valence-corrected chi connectivity index (χ4v) is 4.29. The fraction of sp³-hybridized carbons (Fsp3) is 0.381. The first-order valence-corrected chi connectivity index (χ1v) is 9.70. The van der Waals surface area contributed by atoms with Crippen LogP contribution in [-0.4, -0.2) is 28.6 Å². The molecule has 2 aliphatic rings. The summed E-state index contributed by atoms with van der Waals surface area (Å²) in [6.45, 7) is -3.03. The van der Waals surface area contributed by atoms with Crippen molar-refractivity contribution < 1.29 is 23.0 Å². The Morgan fingerprint density at radius 2 is 1.84 bits per heavy atom. The van der Waals surface area contributed by atoms with E-state index in [0.29, 0.717) is 41.9 Å². The number of allylic oxidation sites excluding steroid dienone is 2. The molecule has 0 fully saturated rings. The van der Waals surface area contributed by atoms with E-state index in [1.807, 2.05) is 0 Å². The van der Waals surface area contributed by atoms with Crippen molar-refractivity contribution in [3.05, 3.63) is 61.4 Å². The summed E-state index contributed by atoms with van der Waals surface area (Å²) in [5.41, 5.74) is 0.803. The molecule has 1 aliphatic carbocycles. The topological polar surface area (TPSA) is 91.6 Å². The van der Waals surface area contributed by atoms with Gasteiger partial charge in [0.25, 0.3) is 5.56 Å². The Bertz CT molecular complexity index is 1230. The number of carbonyl (C=O) groups is 1. The number of ketones is 1. The van der Waals surface area contributed by atoms with E-state index in [9.17, 15) is 23.2 Å². The molecule has 10 heteroatoms. The van der Waals surface area contributed by atoms with E-state index in [-0.39, 0.29) is 22.8 Å². The van der Waals surface area contributed by atoms with Gasteiger partial charge in [-0.3, -0.25) is 18.7 Å². The van der Waals surface area contributed by atoms with Crippen molar-refractivity contribution in [3.8, 4) is 11.5 Å². The standard InChI is InChI=1S/C21H21F2N3O5/c1-25-18-17(19(28)26(2)21(25)29)15(16-11(24-18)5-4-6-12(16)27)10-7-8-13(31-20(22)23)14(9-10)30-3/h7-9,15,20,24H,4-6H2,1-3H3/t15-/m0/s1. The van der Waals surface area contributed by atoms with Crippen molar-refractivity contribution in [2.24, 2.45) is 14.1 Å². The molecule has 1 atom stereocenters. The zero-order valence-corrected chi connectivity index (χ0v) is 17.2. The van der Waals surface area contributed by atoms with E-state index in [2.05, 4.69) is 10.1 Å². The average molecular weight is 433 g/mol. The van der Waals surface area contributed by atoms with E-state index in [4.69, 9.17) is 4.74 Å². The lowest BCUT2D eigenvalue weighted by Gasteiger charge is -2.34. The normalized spacial score (nSPS) is 17.9. The van der Waals surface area contributed by atoms with E-state index < -0.39 is 23.8 Å². The molecule has 0 bridgehead atoms. The smallest absolute Gasteiger partial charge is 0.387 e. The first kappa shape index (κ1) is 20.8. The third-order valence-electron chi connectivity index (χ3n) is 5.74. The van der Waals surface area contributed by atoms with Crippen molar-refractivity contribution in [1.29, 1.82) is 0 Å². The van der Waals surface area contributed by atoms with E-state index in [1.54, 1.807) is 7.05 Å². The van der Waals surface area contributed by atoms with Crippen LogP contribution in [0, 0.1) is 0 Å². The summed E-state index contributed by atoms with van der Waals surface area (Å²) in [6.07, 6.45) is 1.57. The Labute approximate surface area is 175 Å². The number of rotatable bonds is 4. The molecule has 0 saturated carbocycles. The molecule has 164 valence electrons. The van der Waals surface area contributed by atoms with Crippen molar-refractivity contribution in [2.75, 3.05) is 12.4 Å². The molecule has 0 unspecified atom stereocenters. The van der Waals surface area contributed by atoms with Crippen LogP contribution in [0.2, 0.25) is 0 Å². The van der Waals surface area contributed by atoms with Crippen molar-refractivity contribution in [3.63, 3.8) is 0 Å². The van der Waals surface area contributed by atoms with Crippen molar-refractivity contribution >= 4 is 11.6 Å². The number of nitrogens with one attached hydrogen (secondary N) is 1. The molecule has 31 heavy (non-hydrogen) atoms. The molecule has 0 spiro atoms. The molecular formula is C21H21F2N3O5. The molecular weight excluding hydrogens is 412 g/mol. The van der Waals surface area contributed by atoms with Gasteiger partial charge in [-0.05, 0) is 30.5 Å². The van der Waals surface area contributed by atoms with Gasteiger partial charge in [-0.1, -0.05) is 6.07 Å². The number of anilines is 1. The number of hydrogen-bond donors (Lipinski definition) is 1. The van der Waals surface area contributed by atoms with E-state index >= 15 is 0 Å². The van der Waals surface area contributed by atoms with Crippen LogP contribution in [0.3, 0.4) is 0 Å². The first-order chi connectivity index (χ1) is 14.7. The maximum absolute atomic E-state index is 13.1. The van der Waals surface area contributed by atoms with Crippen LogP contribution in [-0.2, 0) is 18.9 Å². The number of ether oxygens (including phenoxy) is 2. The van der Waals surface area contributed by atoms with Crippen LogP contribution in [0.1, 0.15) is 36.3 Å². The second-order valence-electron chi connectivity index (χ2n) is 7.48. The van der Waals surface area contributed by atoms with Crippen LogP contribution in [0.15, 0.2) is 39.1 Å². The Kier molecular flexibility index (Phi) is 5.16. The number of Topliss-reactive ketones (excluding diaryl/α,β-unsaturated/α-hetero) is 1. The summed E-state index contributed by atoms with van der Waals surface area (Å²) in [5, 5.41) is 3.13. The highest BCUT2D eigenvalue weighted by Crippen LogP contribution is 2.45. The van der Waals surface area contributed by atoms with Gasteiger partial charge in [0, 0.05) is 37.7 Å². The first-order valence-electron chi connectivity index (χ1n) is 9.70. The summed E-state index contributed by atoms with van der Waals surface area (Å²) in [7, 11) is 4.22. The number of methoxy groups -OCH3 is 1. The molecule has 4 rings (SSSR count). The van der Waals surface area contributed by atoms with Crippen molar-refractivity contribution in [1.82, 2.24) is 9.13 Å². The molecule has 1 aliphatic heterocycles. The van der Waals surface area contributed by atoms with Crippen LogP contribution >= 0.6 is 0 Å². The van der Waals surface area contributed by atoms with Gasteiger partial charge in [-0.2, -0.15) is 8.78 Å². The lowest BCUT2D eigenvalue weighted by Crippen LogP contribution is -2.44. The Morgan fingerprint density at radius 3 is 2.52 bits per heavy atom. The van der Waals surface area contributed by atoms with Gasteiger partial charge in [-0.25, -0.2) is 4.79 Å². The molecule has 2 heterocycles. The number of fused-ring (bicyclic) bond motifs is 1. The number of halogens is 2. The lowest BCUT2D eigenvalue weighted by atomic mass is 9.76. The second-order valence-corrected chi connectivity index (χ2v) is 7.48. The molecule has 0 radical (unpaired) electrons. The largest absolute Gasteiger partial charge is 0.493 e. The molecule has 1 N–H and O–H groups in total. The Hall–Kier alpha value is -3.43. The van der Waals surface area contributed by atoms with Gasteiger partial charge in [-0.15, -0.1) is 0 Å². The summed E-state index contributed by atoms with van der Waals surface area (Å²) in [4.78, 5) is 38.5. The molecule has 1 aromatic carbocycles. The van der Waals surface area contributed by atoms with Gasteiger partial charge in [0.05, 0.1) is 12.7 Å². The highest BCUT2D eigenvalue weighted by molar-refractivity contribution is 6.00. The monoisotopic (exact) mass is 433 g/mol. The lowest BCUT2D eigenvalue weighted by molar-refractivity contribution is -0.116. The molecule has 2 aromatic rings. The minimum atomic E-state index is -3.03. The van der Waals surface area contributed by atoms with Gasteiger partial charge in [0.15, 0.2) is 17.3 Å². The summed E-state index contributed by atoms with van der Waals surface area (Å²) < 4.78 is 37.5. The minimum Gasteiger partial charge on any atom is -0.493 e. The quantitative estimate of drug-likeness (QED) is 0.796. The highest BCUT2D eigenvalue weighted by Gasteiger charge is 2.39.